The van der Waals surface area contributed by atoms with Crippen LogP contribution in [0.4, 0.5) is 0 Å². The van der Waals surface area contributed by atoms with E-state index in [9.17, 15) is 9.90 Å². The van der Waals surface area contributed by atoms with Crippen LogP contribution in [-0.4, -0.2) is 45.6 Å². The number of hydrogen-bond acceptors (Lipinski definition) is 4. The first-order valence-corrected chi connectivity index (χ1v) is 9.48. The van der Waals surface area contributed by atoms with Gasteiger partial charge in [-0.15, -0.1) is 0 Å². The molecule has 0 saturated carbocycles. The minimum absolute atomic E-state index is 0.122. The molecule has 0 bridgehead atoms. The molecule has 0 aromatic carbocycles. The number of aliphatic hydroxyl groups is 1. The van der Waals surface area contributed by atoms with E-state index in [0.717, 1.165) is 57.4 Å². The van der Waals surface area contributed by atoms with Crippen molar-refractivity contribution in [3.8, 4) is 0 Å². The average Bonchev–Trinajstić information content (AvgIpc) is 2.55. The zero-order valence-electron chi connectivity index (χ0n) is 15.9. The zero-order valence-corrected chi connectivity index (χ0v) is 15.9. The first-order chi connectivity index (χ1) is 11.8. The number of rotatable bonds is 8. The van der Waals surface area contributed by atoms with Crippen molar-refractivity contribution in [3.63, 3.8) is 0 Å². The lowest BCUT2D eigenvalue weighted by atomic mass is 9.95. The Morgan fingerprint density at radius 3 is 2.72 bits per heavy atom. The second-order valence-electron chi connectivity index (χ2n) is 7.99. The smallest absolute Gasteiger partial charge is 0.223 e. The summed E-state index contributed by atoms with van der Waals surface area (Å²) < 4.78 is 0. The lowest BCUT2D eigenvalue weighted by Gasteiger charge is -2.31. The van der Waals surface area contributed by atoms with Crippen molar-refractivity contribution in [1.29, 1.82) is 0 Å². The first-order valence-electron chi connectivity index (χ1n) is 9.48. The van der Waals surface area contributed by atoms with Crippen molar-refractivity contribution < 1.29 is 9.90 Å². The van der Waals surface area contributed by atoms with Crippen molar-refractivity contribution in [3.05, 3.63) is 30.1 Å². The Hall–Kier alpha value is -1.46. The van der Waals surface area contributed by atoms with Crippen molar-refractivity contribution in [2.24, 2.45) is 5.92 Å². The van der Waals surface area contributed by atoms with Crippen LogP contribution in [0.2, 0.25) is 0 Å². The monoisotopic (exact) mass is 347 g/mol. The summed E-state index contributed by atoms with van der Waals surface area (Å²) in [5, 5.41) is 12.9. The summed E-state index contributed by atoms with van der Waals surface area (Å²) in [7, 11) is 0. The molecule has 5 nitrogen and oxygen atoms in total. The van der Waals surface area contributed by atoms with Gasteiger partial charge in [-0.2, -0.15) is 0 Å². The maximum atomic E-state index is 12.4. The summed E-state index contributed by atoms with van der Waals surface area (Å²) in [5.74, 6) is 0.310. The fraction of sp³-hybridized carbons (Fsp3) is 0.700. The second-order valence-corrected chi connectivity index (χ2v) is 7.99. The van der Waals surface area contributed by atoms with Gasteiger partial charge in [-0.25, -0.2) is 0 Å². The number of hydrogen-bond donors (Lipinski definition) is 2. The number of nitrogens with zero attached hydrogens (tertiary/aromatic N) is 2. The van der Waals surface area contributed by atoms with Gasteiger partial charge in [0.05, 0.1) is 11.3 Å². The Bertz CT molecular complexity index is 519. The third-order valence-electron chi connectivity index (χ3n) is 4.88. The van der Waals surface area contributed by atoms with Crippen LogP contribution in [0.15, 0.2) is 24.4 Å². The summed E-state index contributed by atoms with van der Waals surface area (Å²) in [6.45, 7) is 8.47. The lowest BCUT2D eigenvalue weighted by molar-refractivity contribution is -0.127. The molecular formula is C20H33N3O2. The highest BCUT2D eigenvalue weighted by Gasteiger charge is 2.26. The third-order valence-corrected chi connectivity index (χ3v) is 4.88. The summed E-state index contributed by atoms with van der Waals surface area (Å²) in [5.41, 5.74) is 0.468. The molecular weight excluding hydrogens is 314 g/mol. The van der Waals surface area contributed by atoms with Gasteiger partial charge in [-0.05, 0) is 78.1 Å². The SMILES string of the molecule is CC(CCCC(C)(C)O)NC(=O)C1CCN(Cc2ccccn2)CC1. The van der Waals surface area contributed by atoms with Crippen molar-refractivity contribution in [2.75, 3.05) is 13.1 Å². The molecule has 1 aliphatic rings. The van der Waals surface area contributed by atoms with Crippen LogP contribution in [0.5, 0.6) is 0 Å². The van der Waals surface area contributed by atoms with E-state index in [1.165, 1.54) is 0 Å². The fourth-order valence-corrected chi connectivity index (χ4v) is 3.35. The number of carbonyl (C=O) groups is 1. The summed E-state index contributed by atoms with van der Waals surface area (Å²) >= 11 is 0. The van der Waals surface area contributed by atoms with Crippen molar-refractivity contribution in [2.45, 2.75) is 71.1 Å². The molecule has 5 heteroatoms. The predicted molar refractivity (Wildman–Crippen MR) is 100.0 cm³/mol. The quantitative estimate of drug-likeness (QED) is 0.759. The van der Waals surface area contributed by atoms with Crippen LogP contribution in [-0.2, 0) is 11.3 Å². The molecule has 1 aromatic rings. The highest BCUT2D eigenvalue weighted by atomic mass is 16.3. The van der Waals surface area contributed by atoms with Crippen LogP contribution in [0, 0.1) is 5.92 Å². The highest BCUT2D eigenvalue weighted by molar-refractivity contribution is 5.79. The summed E-state index contributed by atoms with van der Waals surface area (Å²) in [6.07, 6.45) is 6.25. The molecule has 140 valence electrons. The van der Waals surface area contributed by atoms with Gasteiger partial charge in [0, 0.05) is 24.7 Å². The van der Waals surface area contributed by atoms with Gasteiger partial charge >= 0.3 is 0 Å². The Labute approximate surface area is 151 Å². The molecule has 0 aliphatic carbocycles. The van der Waals surface area contributed by atoms with Crippen LogP contribution in [0.3, 0.4) is 0 Å². The summed E-state index contributed by atoms with van der Waals surface area (Å²) in [6, 6.07) is 6.17. The first kappa shape index (κ1) is 19.9. The van der Waals surface area contributed by atoms with E-state index < -0.39 is 5.60 Å². The molecule has 1 saturated heterocycles. The predicted octanol–water partition coefficient (Wildman–Crippen LogP) is 2.74. The Balaban J connectivity index is 1.66. The van der Waals surface area contributed by atoms with Crippen LogP contribution in [0.1, 0.15) is 58.6 Å². The Kier molecular flexibility index (Phi) is 7.38. The molecule has 1 amide bonds. The van der Waals surface area contributed by atoms with Crippen LogP contribution >= 0.6 is 0 Å². The second kappa shape index (κ2) is 9.30. The number of carbonyl (C=O) groups excluding carboxylic acids is 1. The zero-order chi connectivity index (χ0) is 18.3. The van der Waals surface area contributed by atoms with Crippen LogP contribution in [0.25, 0.3) is 0 Å². The average molecular weight is 348 g/mol. The molecule has 1 unspecified atom stereocenters. The maximum absolute atomic E-state index is 12.4. The van der Waals surface area contributed by atoms with E-state index >= 15 is 0 Å². The van der Waals surface area contributed by atoms with E-state index in [2.05, 4.69) is 22.1 Å². The number of aromatic nitrogens is 1. The van der Waals surface area contributed by atoms with Gasteiger partial charge in [-0.1, -0.05) is 6.07 Å². The standard InChI is InChI=1S/C20H33N3O2/c1-16(7-6-11-20(2,3)25)22-19(24)17-9-13-23(14-10-17)15-18-8-4-5-12-21-18/h4-5,8,12,16-17,25H,6-7,9-11,13-15H2,1-3H3,(H,22,24). The molecule has 0 spiro atoms. The van der Waals surface area contributed by atoms with E-state index in [-0.39, 0.29) is 17.9 Å². The van der Waals surface area contributed by atoms with Gasteiger partial charge in [0.25, 0.3) is 0 Å². The fourth-order valence-electron chi connectivity index (χ4n) is 3.35. The van der Waals surface area contributed by atoms with E-state index in [1.807, 2.05) is 38.2 Å². The molecule has 2 N–H and O–H groups in total. The maximum Gasteiger partial charge on any atom is 0.223 e. The van der Waals surface area contributed by atoms with Gasteiger partial charge in [0.2, 0.25) is 5.91 Å². The van der Waals surface area contributed by atoms with Crippen molar-refractivity contribution >= 4 is 5.91 Å². The lowest BCUT2D eigenvalue weighted by Crippen LogP contribution is -2.43. The third kappa shape index (κ3) is 7.53. The van der Waals surface area contributed by atoms with E-state index in [4.69, 9.17) is 0 Å². The number of pyridine rings is 1. The minimum atomic E-state index is -0.621. The number of amides is 1. The van der Waals surface area contributed by atoms with Crippen LogP contribution < -0.4 is 5.32 Å². The van der Waals surface area contributed by atoms with Gasteiger partial charge in [0.1, 0.15) is 0 Å². The molecule has 0 radical (unpaired) electrons. The van der Waals surface area contributed by atoms with Crippen molar-refractivity contribution in [1.82, 2.24) is 15.2 Å². The molecule has 1 fully saturated rings. The highest BCUT2D eigenvalue weighted by Crippen LogP contribution is 2.19. The number of nitrogens with one attached hydrogen (secondary N) is 1. The van der Waals surface area contributed by atoms with Gasteiger partial charge < -0.3 is 10.4 Å². The minimum Gasteiger partial charge on any atom is -0.390 e. The molecule has 1 aromatic heterocycles. The largest absolute Gasteiger partial charge is 0.390 e. The topological polar surface area (TPSA) is 65.5 Å². The van der Waals surface area contributed by atoms with E-state index in [1.54, 1.807) is 0 Å². The molecule has 1 aliphatic heterocycles. The number of likely N-dealkylation sites (tertiary alicyclic amines) is 1. The molecule has 25 heavy (non-hydrogen) atoms. The molecule has 2 heterocycles. The van der Waals surface area contributed by atoms with E-state index in [0.29, 0.717) is 0 Å². The molecule has 1 atom stereocenters. The molecule has 2 rings (SSSR count). The Morgan fingerprint density at radius 1 is 1.40 bits per heavy atom. The normalized spacial score (nSPS) is 18.1. The van der Waals surface area contributed by atoms with Gasteiger partial charge in [-0.3, -0.25) is 14.7 Å². The summed E-state index contributed by atoms with van der Waals surface area (Å²) in [4.78, 5) is 19.2. The Morgan fingerprint density at radius 2 is 2.12 bits per heavy atom. The number of piperidine rings is 1. The van der Waals surface area contributed by atoms with Gasteiger partial charge in [0.15, 0.2) is 0 Å².